The van der Waals surface area contributed by atoms with Gasteiger partial charge in [0, 0.05) is 5.56 Å². The lowest BCUT2D eigenvalue weighted by Crippen LogP contribution is -1.91. The largest absolute Gasteiger partial charge is 0.496 e. The number of benzene rings is 2. The second-order valence-corrected chi connectivity index (χ2v) is 6.51. The lowest BCUT2D eigenvalue weighted by atomic mass is 10.0. The first-order valence-corrected chi connectivity index (χ1v) is 8.28. The molecule has 0 saturated carbocycles. The van der Waals surface area contributed by atoms with Gasteiger partial charge in [0.25, 0.3) is 6.43 Å². The zero-order valence-electron chi connectivity index (χ0n) is 15.4. The highest BCUT2D eigenvalue weighted by Crippen LogP contribution is 2.23. The third-order valence-corrected chi connectivity index (χ3v) is 3.91. The van der Waals surface area contributed by atoms with Crippen LogP contribution in [0.4, 0.5) is 8.78 Å². The van der Waals surface area contributed by atoms with E-state index >= 15 is 0 Å². The fraction of sp³-hybridized carbons (Fsp3) is 0.429. The number of halogens is 2. The van der Waals surface area contributed by atoms with Gasteiger partial charge in [0.15, 0.2) is 0 Å². The Kier molecular flexibility index (Phi) is 7.90. The first-order valence-electron chi connectivity index (χ1n) is 8.28. The van der Waals surface area contributed by atoms with Gasteiger partial charge >= 0.3 is 0 Å². The smallest absolute Gasteiger partial charge is 0.263 e. The summed E-state index contributed by atoms with van der Waals surface area (Å²) in [5.74, 6) is 1.87. The zero-order chi connectivity index (χ0) is 18.3. The van der Waals surface area contributed by atoms with E-state index in [9.17, 15) is 8.78 Å². The van der Waals surface area contributed by atoms with Crippen LogP contribution in [0.5, 0.6) is 5.75 Å². The van der Waals surface area contributed by atoms with Crippen molar-refractivity contribution in [2.75, 3.05) is 7.11 Å². The molecule has 0 aliphatic rings. The molecular formula is C21H28F2O. The van der Waals surface area contributed by atoms with Crippen molar-refractivity contribution in [3.63, 3.8) is 0 Å². The average Bonchev–Trinajstić information content (AvgIpc) is 2.55. The molecule has 0 aromatic heterocycles. The monoisotopic (exact) mass is 334 g/mol. The molecule has 0 radical (unpaired) electrons. The molecule has 0 heterocycles. The van der Waals surface area contributed by atoms with Crippen molar-refractivity contribution in [1.82, 2.24) is 0 Å². The molecule has 0 bridgehead atoms. The topological polar surface area (TPSA) is 9.23 Å². The van der Waals surface area contributed by atoms with E-state index < -0.39 is 6.43 Å². The van der Waals surface area contributed by atoms with E-state index in [0.717, 1.165) is 11.3 Å². The Morgan fingerprint density at radius 3 is 1.79 bits per heavy atom. The highest BCUT2D eigenvalue weighted by molar-refractivity contribution is 5.37. The van der Waals surface area contributed by atoms with Crippen molar-refractivity contribution in [3.8, 4) is 5.75 Å². The normalized spacial score (nSPS) is 10.8. The number of ether oxygens (including phenoxy) is 1. The Balaban J connectivity index is 0.000000240. The summed E-state index contributed by atoms with van der Waals surface area (Å²) in [5, 5.41) is 0. The molecule has 0 fully saturated rings. The summed E-state index contributed by atoms with van der Waals surface area (Å²) in [4.78, 5) is 0. The molecule has 2 aromatic rings. The Bertz CT molecular complexity index is 610. The predicted octanol–water partition coefficient (Wildman–Crippen LogP) is 6.87. The minimum atomic E-state index is -2.36. The average molecular weight is 334 g/mol. The van der Waals surface area contributed by atoms with Crippen LogP contribution in [0.15, 0.2) is 42.5 Å². The van der Waals surface area contributed by atoms with Crippen LogP contribution in [-0.4, -0.2) is 7.11 Å². The summed E-state index contributed by atoms with van der Waals surface area (Å²) in [7, 11) is 1.71. The van der Waals surface area contributed by atoms with Crippen molar-refractivity contribution in [2.45, 2.75) is 52.9 Å². The quantitative estimate of drug-likeness (QED) is 0.592. The predicted molar refractivity (Wildman–Crippen MR) is 97.3 cm³/mol. The summed E-state index contributed by atoms with van der Waals surface area (Å²) in [6, 6.07) is 12.9. The fourth-order valence-corrected chi connectivity index (χ4v) is 2.31. The van der Waals surface area contributed by atoms with Crippen LogP contribution in [0.3, 0.4) is 0 Å². The van der Waals surface area contributed by atoms with Crippen molar-refractivity contribution in [1.29, 1.82) is 0 Å². The van der Waals surface area contributed by atoms with E-state index in [-0.39, 0.29) is 5.56 Å². The third kappa shape index (κ3) is 5.95. The van der Waals surface area contributed by atoms with Gasteiger partial charge in [0.2, 0.25) is 0 Å². The summed E-state index contributed by atoms with van der Waals surface area (Å²) < 4.78 is 29.6. The minimum Gasteiger partial charge on any atom is -0.496 e. The number of aryl methyl sites for hydroxylation is 1. The minimum absolute atomic E-state index is 0.112. The van der Waals surface area contributed by atoms with Gasteiger partial charge in [-0.1, -0.05) is 58.0 Å². The van der Waals surface area contributed by atoms with Crippen LogP contribution in [0.1, 0.15) is 68.2 Å². The molecule has 2 rings (SSSR count). The van der Waals surface area contributed by atoms with Gasteiger partial charge in [-0.15, -0.1) is 0 Å². The van der Waals surface area contributed by atoms with Gasteiger partial charge in [-0.25, -0.2) is 8.78 Å². The Hall–Kier alpha value is -1.90. The molecule has 0 saturated heterocycles. The summed E-state index contributed by atoms with van der Waals surface area (Å²) in [5.41, 5.74) is 3.66. The lowest BCUT2D eigenvalue weighted by Gasteiger charge is -2.09. The number of rotatable bonds is 4. The molecule has 2 aromatic carbocycles. The summed E-state index contributed by atoms with van der Waals surface area (Å²) in [6.07, 6.45) is -2.36. The molecule has 0 atom stereocenters. The molecule has 0 aliphatic carbocycles. The third-order valence-electron chi connectivity index (χ3n) is 3.91. The van der Waals surface area contributed by atoms with Crippen molar-refractivity contribution < 1.29 is 13.5 Å². The first-order chi connectivity index (χ1) is 11.3. The summed E-state index contributed by atoms with van der Waals surface area (Å²) in [6.45, 7) is 10.4. The van der Waals surface area contributed by atoms with Crippen LogP contribution in [0.25, 0.3) is 0 Å². The SMILES string of the molecule is CC(C)c1cccc(C(F)F)c1.COc1ccc(C(C)C)cc1C. The molecule has 0 aliphatic heterocycles. The van der Waals surface area contributed by atoms with Gasteiger partial charge in [0.1, 0.15) is 5.75 Å². The second-order valence-electron chi connectivity index (χ2n) is 6.51. The van der Waals surface area contributed by atoms with Crippen LogP contribution >= 0.6 is 0 Å². The second kappa shape index (κ2) is 9.41. The van der Waals surface area contributed by atoms with Gasteiger partial charge < -0.3 is 4.74 Å². The van der Waals surface area contributed by atoms with E-state index in [1.165, 1.54) is 17.2 Å². The standard InChI is InChI=1S/C11H16O.C10H12F2/c1-8(2)10-5-6-11(12-4)9(3)7-10;1-7(2)8-4-3-5-9(6-8)10(11)12/h5-8H,1-4H3;3-7,10H,1-2H3. The molecule has 3 heteroatoms. The Morgan fingerprint density at radius 1 is 0.792 bits per heavy atom. The van der Waals surface area contributed by atoms with Gasteiger partial charge in [0.05, 0.1) is 7.11 Å². The van der Waals surface area contributed by atoms with Gasteiger partial charge in [-0.2, -0.15) is 0 Å². The molecular weight excluding hydrogens is 306 g/mol. The van der Waals surface area contributed by atoms with Crippen LogP contribution < -0.4 is 4.74 Å². The van der Waals surface area contributed by atoms with E-state index in [2.05, 4.69) is 32.9 Å². The van der Waals surface area contributed by atoms with Crippen LogP contribution in [0, 0.1) is 6.92 Å². The van der Waals surface area contributed by atoms with Gasteiger partial charge in [-0.3, -0.25) is 0 Å². The maximum absolute atomic E-state index is 12.2. The molecule has 0 spiro atoms. The Morgan fingerprint density at radius 2 is 1.33 bits per heavy atom. The number of alkyl halides is 2. The number of methoxy groups -OCH3 is 1. The lowest BCUT2D eigenvalue weighted by molar-refractivity contribution is 0.151. The number of hydrogen-bond donors (Lipinski definition) is 0. The fourth-order valence-electron chi connectivity index (χ4n) is 2.31. The molecule has 0 amide bonds. The van der Waals surface area contributed by atoms with Crippen LogP contribution in [-0.2, 0) is 0 Å². The Labute approximate surface area is 144 Å². The zero-order valence-corrected chi connectivity index (χ0v) is 15.4. The van der Waals surface area contributed by atoms with Crippen molar-refractivity contribution in [3.05, 3.63) is 64.7 Å². The van der Waals surface area contributed by atoms with E-state index in [0.29, 0.717) is 11.8 Å². The summed E-state index contributed by atoms with van der Waals surface area (Å²) >= 11 is 0. The highest BCUT2D eigenvalue weighted by Gasteiger charge is 2.07. The maximum Gasteiger partial charge on any atom is 0.263 e. The number of hydrogen-bond acceptors (Lipinski definition) is 1. The highest BCUT2D eigenvalue weighted by atomic mass is 19.3. The molecule has 24 heavy (non-hydrogen) atoms. The van der Waals surface area contributed by atoms with Crippen molar-refractivity contribution in [2.24, 2.45) is 0 Å². The maximum atomic E-state index is 12.2. The van der Waals surface area contributed by atoms with E-state index in [4.69, 9.17) is 4.74 Å². The van der Waals surface area contributed by atoms with Gasteiger partial charge in [-0.05, 0) is 47.6 Å². The van der Waals surface area contributed by atoms with E-state index in [1.54, 1.807) is 19.2 Å². The molecule has 132 valence electrons. The van der Waals surface area contributed by atoms with Crippen molar-refractivity contribution >= 4 is 0 Å². The van der Waals surface area contributed by atoms with Crippen LogP contribution in [0.2, 0.25) is 0 Å². The molecule has 1 nitrogen and oxygen atoms in total. The van der Waals surface area contributed by atoms with E-state index in [1.807, 2.05) is 26.0 Å². The molecule has 0 N–H and O–H groups in total. The first kappa shape index (κ1) is 20.1. The molecule has 0 unspecified atom stereocenters.